The summed E-state index contributed by atoms with van der Waals surface area (Å²) in [4.78, 5) is 44.8. The van der Waals surface area contributed by atoms with Crippen molar-refractivity contribution in [3.8, 4) is 11.1 Å². The second-order valence-corrected chi connectivity index (χ2v) is 7.80. The number of nitrogens with one attached hydrogen (secondary N) is 2. The number of aromatic nitrogens is 2. The van der Waals surface area contributed by atoms with Crippen molar-refractivity contribution in [2.24, 2.45) is 0 Å². The van der Waals surface area contributed by atoms with E-state index in [-0.39, 0.29) is 5.69 Å². The maximum atomic E-state index is 13.0. The highest BCUT2D eigenvalue weighted by Gasteiger charge is 2.22. The molecule has 164 valence electrons. The Kier molecular flexibility index (Phi) is 7.93. The molecule has 0 radical (unpaired) electrons. The largest absolute Gasteiger partial charge is 0.480 e. The Morgan fingerprint density at radius 2 is 1.84 bits per heavy atom. The van der Waals surface area contributed by atoms with Crippen LogP contribution in [0, 0.1) is 0 Å². The van der Waals surface area contributed by atoms with Crippen molar-refractivity contribution in [3.63, 3.8) is 0 Å². The molecule has 2 aromatic carbocycles. The molecule has 1 unspecified atom stereocenters. The number of anilines is 1. The van der Waals surface area contributed by atoms with Gasteiger partial charge in [-0.1, -0.05) is 30.3 Å². The Morgan fingerprint density at radius 3 is 2.50 bits per heavy atom. The lowest BCUT2D eigenvalue weighted by Crippen LogP contribution is -2.41. The van der Waals surface area contributed by atoms with Gasteiger partial charge in [-0.25, -0.2) is 9.78 Å². The molecule has 3 aromatic rings. The summed E-state index contributed by atoms with van der Waals surface area (Å²) in [5, 5.41) is 14.8. The number of hydrogen-bond donors (Lipinski definition) is 3. The van der Waals surface area contributed by atoms with E-state index in [0.29, 0.717) is 29.0 Å². The molecule has 0 spiro atoms. The molecule has 1 aromatic heterocycles. The minimum atomic E-state index is -1.08. The summed E-state index contributed by atoms with van der Waals surface area (Å²) in [6.07, 6.45) is 6.45. The summed E-state index contributed by atoms with van der Waals surface area (Å²) in [6, 6.07) is 13.0. The number of rotatable bonds is 9. The summed E-state index contributed by atoms with van der Waals surface area (Å²) in [5.74, 6) is -1.40. The van der Waals surface area contributed by atoms with E-state index in [1.165, 1.54) is 30.4 Å². The van der Waals surface area contributed by atoms with Crippen LogP contribution >= 0.6 is 11.8 Å². The predicted octanol–water partition coefficient (Wildman–Crippen LogP) is 3.33. The molecular formula is C23H22N4O4S. The van der Waals surface area contributed by atoms with Crippen molar-refractivity contribution in [1.29, 1.82) is 0 Å². The molecule has 1 atom stereocenters. The van der Waals surface area contributed by atoms with Crippen LogP contribution in [0.4, 0.5) is 5.69 Å². The molecule has 0 aliphatic heterocycles. The fourth-order valence-corrected chi connectivity index (χ4v) is 3.49. The molecule has 9 heteroatoms. The van der Waals surface area contributed by atoms with Gasteiger partial charge in [0.2, 0.25) is 0 Å². The summed E-state index contributed by atoms with van der Waals surface area (Å²) >= 11 is 1.51. The van der Waals surface area contributed by atoms with E-state index in [4.69, 9.17) is 0 Å². The number of thioether (sulfide) groups is 1. The fraction of sp³-hybridized carbons (Fsp3) is 0.174. The van der Waals surface area contributed by atoms with Gasteiger partial charge in [-0.15, -0.1) is 0 Å². The number of hydrogen-bond acceptors (Lipinski definition) is 6. The van der Waals surface area contributed by atoms with Gasteiger partial charge in [0.25, 0.3) is 11.8 Å². The molecular weight excluding hydrogens is 428 g/mol. The standard InChI is InChI=1S/C23H22N4O4S/c1-32-12-9-19(23(30)31)27-21(28)17-8-7-16(13-18(17)15-5-3-2-4-6-15)26-22(29)20-14-24-10-11-25-20/h2-8,10-11,13-14,19H,9,12H2,1H3,(H,26,29)(H,27,28)(H,30,31). The Hall–Kier alpha value is -3.72. The van der Waals surface area contributed by atoms with E-state index in [9.17, 15) is 19.5 Å². The van der Waals surface area contributed by atoms with Gasteiger partial charge in [0.15, 0.2) is 0 Å². The minimum Gasteiger partial charge on any atom is -0.480 e. The molecule has 3 rings (SSSR count). The highest BCUT2D eigenvalue weighted by atomic mass is 32.2. The van der Waals surface area contributed by atoms with Crippen LogP contribution in [-0.2, 0) is 4.79 Å². The third-order valence-corrected chi connectivity index (χ3v) is 5.26. The van der Waals surface area contributed by atoms with Gasteiger partial charge in [-0.05, 0) is 47.8 Å². The van der Waals surface area contributed by atoms with E-state index in [1.54, 1.807) is 18.2 Å². The Labute approximate surface area is 189 Å². The van der Waals surface area contributed by atoms with Gasteiger partial charge >= 0.3 is 5.97 Å². The average molecular weight is 451 g/mol. The molecule has 0 saturated carbocycles. The van der Waals surface area contributed by atoms with Crippen molar-refractivity contribution in [3.05, 3.63) is 78.4 Å². The number of carbonyl (C=O) groups is 3. The van der Waals surface area contributed by atoms with Crippen LogP contribution in [0.25, 0.3) is 11.1 Å². The number of amides is 2. The smallest absolute Gasteiger partial charge is 0.326 e. The van der Waals surface area contributed by atoms with E-state index < -0.39 is 23.8 Å². The van der Waals surface area contributed by atoms with Crippen LogP contribution in [-0.4, -0.2) is 50.9 Å². The lowest BCUT2D eigenvalue weighted by Gasteiger charge is -2.17. The first-order valence-electron chi connectivity index (χ1n) is 9.79. The lowest BCUT2D eigenvalue weighted by atomic mass is 9.98. The molecule has 2 amide bonds. The Morgan fingerprint density at radius 1 is 1.06 bits per heavy atom. The fourth-order valence-electron chi connectivity index (χ4n) is 3.02. The predicted molar refractivity (Wildman–Crippen MR) is 124 cm³/mol. The van der Waals surface area contributed by atoms with Crippen LogP contribution in [0.2, 0.25) is 0 Å². The number of aliphatic carboxylic acids is 1. The zero-order chi connectivity index (χ0) is 22.9. The van der Waals surface area contributed by atoms with Crippen molar-refractivity contribution in [1.82, 2.24) is 15.3 Å². The summed E-state index contributed by atoms with van der Waals surface area (Å²) < 4.78 is 0. The van der Waals surface area contributed by atoms with Gasteiger partial charge in [0.1, 0.15) is 11.7 Å². The lowest BCUT2D eigenvalue weighted by molar-refractivity contribution is -0.139. The molecule has 32 heavy (non-hydrogen) atoms. The molecule has 8 nitrogen and oxygen atoms in total. The first-order valence-corrected chi connectivity index (χ1v) is 11.2. The van der Waals surface area contributed by atoms with Crippen molar-refractivity contribution in [2.75, 3.05) is 17.3 Å². The summed E-state index contributed by atoms with van der Waals surface area (Å²) in [5.41, 5.74) is 2.25. The first-order chi connectivity index (χ1) is 15.5. The zero-order valence-electron chi connectivity index (χ0n) is 17.3. The molecule has 3 N–H and O–H groups in total. The highest BCUT2D eigenvalue weighted by Crippen LogP contribution is 2.27. The second-order valence-electron chi connectivity index (χ2n) is 6.82. The third kappa shape index (κ3) is 5.92. The summed E-state index contributed by atoms with van der Waals surface area (Å²) in [7, 11) is 0. The average Bonchev–Trinajstić information content (AvgIpc) is 2.82. The van der Waals surface area contributed by atoms with Crippen LogP contribution < -0.4 is 10.6 Å². The van der Waals surface area contributed by atoms with Gasteiger partial charge < -0.3 is 15.7 Å². The van der Waals surface area contributed by atoms with Crippen LogP contribution in [0.5, 0.6) is 0 Å². The molecule has 0 aliphatic rings. The second kappa shape index (κ2) is 11.1. The van der Waals surface area contributed by atoms with E-state index in [2.05, 4.69) is 20.6 Å². The van der Waals surface area contributed by atoms with Gasteiger partial charge in [-0.3, -0.25) is 14.6 Å². The van der Waals surface area contributed by atoms with Crippen LogP contribution in [0.3, 0.4) is 0 Å². The first kappa shape index (κ1) is 23.0. The molecule has 0 bridgehead atoms. The maximum absolute atomic E-state index is 13.0. The quantitative estimate of drug-likeness (QED) is 0.457. The zero-order valence-corrected chi connectivity index (χ0v) is 18.1. The minimum absolute atomic E-state index is 0.161. The van der Waals surface area contributed by atoms with Crippen molar-refractivity contribution >= 4 is 35.2 Å². The SMILES string of the molecule is CSCCC(NC(=O)c1ccc(NC(=O)c2cnccn2)cc1-c1ccccc1)C(=O)O. The van der Waals surface area contributed by atoms with E-state index in [0.717, 1.165) is 5.56 Å². The number of carbonyl (C=O) groups excluding carboxylic acids is 2. The third-order valence-electron chi connectivity index (χ3n) is 4.62. The molecule has 0 fully saturated rings. The number of carboxylic acid groups (broad SMARTS) is 1. The normalized spacial score (nSPS) is 11.4. The maximum Gasteiger partial charge on any atom is 0.326 e. The summed E-state index contributed by atoms with van der Waals surface area (Å²) in [6.45, 7) is 0. The van der Waals surface area contributed by atoms with Crippen LogP contribution in [0.15, 0.2) is 67.1 Å². The topological polar surface area (TPSA) is 121 Å². The van der Waals surface area contributed by atoms with Crippen molar-refractivity contribution in [2.45, 2.75) is 12.5 Å². The van der Waals surface area contributed by atoms with Gasteiger partial charge in [0.05, 0.1) is 6.20 Å². The van der Waals surface area contributed by atoms with Crippen LogP contribution in [0.1, 0.15) is 27.3 Å². The van der Waals surface area contributed by atoms with E-state index >= 15 is 0 Å². The number of carboxylic acids is 1. The molecule has 0 aliphatic carbocycles. The van der Waals surface area contributed by atoms with Crippen molar-refractivity contribution < 1.29 is 19.5 Å². The van der Waals surface area contributed by atoms with Gasteiger partial charge in [0, 0.05) is 23.6 Å². The van der Waals surface area contributed by atoms with Gasteiger partial charge in [-0.2, -0.15) is 11.8 Å². The highest BCUT2D eigenvalue weighted by molar-refractivity contribution is 7.98. The monoisotopic (exact) mass is 450 g/mol. The molecule has 1 heterocycles. The Bertz CT molecular complexity index is 1090. The number of nitrogens with zero attached hydrogens (tertiary/aromatic N) is 2. The van der Waals surface area contributed by atoms with E-state index in [1.807, 2.05) is 36.6 Å². The molecule has 0 saturated heterocycles. The Balaban J connectivity index is 1.91. The number of benzene rings is 2.